The fraction of sp³-hybridized carbons (Fsp3) is 0.391. The Hall–Kier alpha value is -2.69. The first kappa shape index (κ1) is 21.6. The van der Waals surface area contributed by atoms with Gasteiger partial charge in [0.15, 0.2) is 0 Å². The second-order valence-electron chi connectivity index (χ2n) is 7.04. The van der Waals surface area contributed by atoms with Gasteiger partial charge in [-0.05, 0) is 37.5 Å². The third-order valence-electron chi connectivity index (χ3n) is 4.90. The Morgan fingerprint density at radius 1 is 1.07 bits per heavy atom. The molecule has 0 bridgehead atoms. The van der Waals surface area contributed by atoms with Crippen LogP contribution in [0.25, 0.3) is 0 Å². The smallest absolute Gasteiger partial charge is 0.242 e. The molecule has 5 heteroatoms. The molecule has 0 aliphatic heterocycles. The maximum absolute atomic E-state index is 14.2. The highest BCUT2D eigenvalue weighted by atomic mass is 19.1. The molecule has 2 aromatic rings. The van der Waals surface area contributed by atoms with Crippen molar-refractivity contribution in [2.45, 2.75) is 52.6 Å². The lowest BCUT2D eigenvalue weighted by Crippen LogP contribution is -2.48. The van der Waals surface area contributed by atoms with Gasteiger partial charge in [0.2, 0.25) is 11.8 Å². The zero-order chi connectivity index (χ0) is 20.5. The third kappa shape index (κ3) is 5.91. The minimum absolute atomic E-state index is 0.0553. The van der Waals surface area contributed by atoms with E-state index in [0.29, 0.717) is 12.1 Å². The van der Waals surface area contributed by atoms with Gasteiger partial charge in [-0.1, -0.05) is 55.8 Å². The van der Waals surface area contributed by atoms with Crippen LogP contribution < -0.4 is 5.32 Å². The Kier molecular flexibility index (Phi) is 8.18. The summed E-state index contributed by atoms with van der Waals surface area (Å²) >= 11 is 0. The Labute approximate surface area is 166 Å². The van der Waals surface area contributed by atoms with Crippen LogP contribution in [0, 0.1) is 12.7 Å². The molecule has 0 unspecified atom stereocenters. The van der Waals surface area contributed by atoms with Gasteiger partial charge in [-0.25, -0.2) is 4.39 Å². The van der Waals surface area contributed by atoms with Gasteiger partial charge in [0.25, 0.3) is 0 Å². The van der Waals surface area contributed by atoms with Crippen LogP contribution in [0.2, 0.25) is 0 Å². The molecule has 0 aromatic heterocycles. The van der Waals surface area contributed by atoms with Gasteiger partial charge in [0, 0.05) is 18.7 Å². The zero-order valence-electron chi connectivity index (χ0n) is 16.9. The number of halogens is 1. The maximum atomic E-state index is 14.2. The topological polar surface area (TPSA) is 49.4 Å². The summed E-state index contributed by atoms with van der Waals surface area (Å²) in [7, 11) is 0. The molecule has 0 aliphatic rings. The van der Waals surface area contributed by atoms with E-state index in [1.165, 1.54) is 11.0 Å². The monoisotopic (exact) mass is 384 g/mol. The first-order valence-corrected chi connectivity index (χ1v) is 9.79. The van der Waals surface area contributed by atoms with Crippen molar-refractivity contribution in [2.24, 2.45) is 0 Å². The number of amides is 2. The van der Waals surface area contributed by atoms with E-state index in [2.05, 4.69) is 5.32 Å². The van der Waals surface area contributed by atoms with Crippen LogP contribution >= 0.6 is 0 Å². The Morgan fingerprint density at radius 2 is 1.71 bits per heavy atom. The van der Waals surface area contributed by atoms with Crippen molar-refractivity contribution in [2.75, 3.05) is 6.54 Å². The molecule has 2 rings (SSSR count). The number of hydrogen-bond donors (Lipinski definition) is 1. The van der Waals surface area contributed by atoms with E-state index in [-0.39, 0.29) is 30.6 Å². The van der Waals surface area contributed by atoms with E-state index in [9.17, 15) is 14.0 Å². The standard InChI is InChI=1S/C23H29FN2O2/c1-4-5-14-25-23(28)18(3)26(16-20-12-8-9-13-21(20)24)22(27)15-19-11-7-6-10-17(19)2/h6-13,18H,4-5,14-16H2,1-3H3,(H,25,28)/t18-/m0/s1. The van der Waals surface area contributed by atoms with Crippen molar-refractivity contribution in [3.63, 3.8) is 0 Å². The fourth-order valence-corrected chi connectivity index (χ4v) is 3.00. The summed E-state index contributed by atoms with van der Waals surface area (Å²) in [4.78, 5) is 27.1. The minimum atomic E-state index is -0.687. The summed E-state index contributed by atoms with van der Waals surface area (Å²) in [6.45, 7) is 6.31. The van der Waals surface area contributed by atoms with Crippen LogP contribution in [0.3, 0.4) is 0 Å². The minimum Gasteiger partial charge on any atom is -0.354 e. The molecule has 4 nitrogen and oxygen atoms in total. The van der Waals surface area contributed by atoms with E-state index in [1.54, 1.807) is 25.1 Å². The summed E-state index contributed by atoms with van der Waals surface area (Å²) in [6, 6.07) is 13.3. The lowest BCUT2D eigenvalue weighted by Gasteiger charge is -2.29. The largest absolute Gasteiger partial charge is 0.354 e. The molecular formula is C23H29FN2O2. The van der Waals surface area contributed by atoms with Gasteiger partial charge in [-0.15, -0.1) is 0 Å². The van der Waals surface area contributed by atoms with Crippen molar-refractivity contribution in [1.29, 1.82) is 0 Å². The van der Waals surface area contributed by atoms with Gasteiger partial charge in [0.1, 0.15) is 11.9 Å². The molecule has 0 fully saturated rings. The molecule has 1 atom stereocenters. The predicted octanol–water partition coefficient (Wildman–Crippen LogP) is 4.01. The number of nitrogens with one attached hydrogen (secondary N) is 1. The van der Waals surface area contributed by atoms with Crippen LogP contribution in [0.1, 0.15) is 43.4 Å². The Bertz CT molecular complexity index is 807. The van der Waals surface area contributed by atoms with Crippen molar-refractivity contribution in [1.82, 2.24) is 10.2 Å². The summed E-state index contributed by atoms with van der Waals surface area (Å²) in [5, 5.41) is 2.87. The lowest BCUT2D eigenvalue weighted by atomic mass is 10.0. The predicted molar refractivity (Wildman–Crippen MR) is 109 cm³/mol. The maximum Gasteiger partial charge on any atom is 0.242 e. The van der Waals surface area contributed by atoms with E-state index in [0.717, 1.165) is 24.0 Å². The van der Waals surface area contributed by atoms with E-state index in [4.69, 9.17) is 0 Å². The van der Waals surface area contributed by atoms with E-state index >= 15 is 0 Å². The molecule has 0 spiro atoms. The van der Waals surface area contributed by atoms with Gasteiger partial charge < -0.3 is 10.2 Å². The van der Waals surface area contributed by atoms with Crippen molar-refractivity contribution >= 4 is 11.8 Å². The average Bonchev–Trinajstić information content (AvgIpc) is 2.68. The Morgan fingerprint density at radius 3 is 2.36 bits per heavy atom. The van der Waals surface area contributed by atoms with Crippen LogP contribution in [0.4, 0.5) is 4.39 Å². The van der Waals surface area contributed by atoms with E-state index in [1.807, 2.05) is 38.1 Å². The number of benzene rings is 2. The molecule has 1 N–H and O–H groups in total. The summed E-state index contributed by atoms with van der Waals surface area (Å²) in [5.41, 5.74) is 2.32. The number of aryl methyl sites for hydroxylation is 1. The van der Waals surface area contributed by atoms with Gasteiger partial charge >= 0.3 is 0 Å². The van der Waals surface area contributed by atoms with Crippen LogP contribution in [0.5, 0.6) is 0 Å². The molecule has 0 aliphatic carbocycles. The van der Waals surface area contributed by atoms with Gasteiger partial charge in [0.05, 0.1) is 6.42 Å². The summed E-state index contributed by atoms with van der Waals surface area (Å²) < 4.78 is 14.2. The molecule has 0 saturated heterocycles. The molecule has 2 aromatic carbocycles. The van der Waals surface area contributed by atoms with Gasteiger partial charge in [-0.3, -0.25) is 9.59 Å². The average molecular weight is 384 g/mol. The van der Waals surface area contributed by atoms with E-state index < -0.39 is 6.04 Å². The highest BCUT2D eigenvalue weighted by molar-refractivity contribution is 5.88. The highest BCUT2D eigenvalue weighted by Gasteiger charge is 2.27. The third-order valence-corrected chi connectivity index (χ3v) is 4.90. The second kappa shape index (κ2) is 10.6. The molecule has 0 heterocycles. The van der Waals surface area contributed by atoms with Crippen molar-refractivity contribution < 1.29 is 14.0 Å². The lowest BCUT2D eigenvalue weighted by molar-refractivity contribution is -0.140. The number of carbonyl (C=O) groups excluding carboxylic acids is 2. The summed E-state index contributed by atoms with van der Waals surface area (Å²) in [5.74, 6) is -0.798. The van der Waals surface area contributed by atoms with Gasteiger partial charge in [-0.2, -0.15) is 0 Å². The second-order valence-corrected chi connectivity index (χ2v) is 7.04. The molecule has 0 radical (unpaired) electrons. The first-order chi connectivity index (χ1) is 13.4. The number of nitrogens with zero attached hydrogens (tertiary/aromatic N) is 1. The van der Waals surface area contributed by atoms with Crippen LogP contribution in [-0.2, 0) is 22.6 Å². The van der Waals surface area contributed by atoms with Crippen molar-refractivity contribution in [3.05, 3.63) is 71.0 Å². The Balaban J connectivity index is 2.22. The quantitative estimate of drug-likeness (QED) is 0.664. The number of carbonyl (C=O) groups is 2. The zero-order valence-corrected chi connectivity index (χ0v) is 16.9. The van der Waals surface area contributed by atoms with Crippen molar-refractivity contribution in [3.8, 4) is 0 Å². The first-order valence-electron chi connectivity index (χ1n) is 9.79. The van der Waals surface area contributed by atoms with Crippen LogP contribution in [0.15, 0.2) is 48.5 Å². The normalized spacial score (nSPS) is 11.7. The highest BCUT2D eigenvalue weighted by Crippen LogP contribution is 2.16. The van der Waals surface area contributed by atoms with Crippen LogP contribution in [-0.4, -0.2) is 29.3 Å². The molecule has 28 heavy (non-hydrogen) atoms. The number of hydrogen-bond acceptors (Lipinski definition) is 2. The molecule has 150 valence electrons. The number of rotatable bonds is 9. The molecule has 2 amide bonds. The fourth-order valence-electron chi connectivity index (χ4n) is 3.00. The summed E-state index contributed by atoms with van der Waals surface area (Å²) in [6.07, 6.45) is 2.02. The SMILES string of the molecule is CCCCNC(=O)[C@H](C)N(Cc1ccccc1F)C(=O)Cc1ccccc1C. The molecular weight excluding hydrogens is 355 g/mol. The number of unbranched alkanes of at least 4 members (excludes halogenated alkanes) is 1. The molecule has 0 saturated carbocycles.